The molecule has 0 aliphatic rings. The van der Waals surface area contributed by atoms with E-state index in [0.717, 1.165) is 16.7 Å². The molecular weight excluding hydrogens is 366 g/mol. The van der Waals surface area contributed by atoms with E-state index in [1.165, 1.54) is 4.31 Å². The second-order valence-electron chi connectivity index (χ2n) is 6.39. The third-order valence-corrected chi connectivity index (χ3v) is 6.24. The molecule has 3 aromatic carbocycles. The average molecular weight is 390 g/mol. The van der Waals surface area contributed by atoms with Gasteiger partial charge in [-0.25, -0.2) is 12.7 Å². The zero-order valence-electron chi connectivity index (χ0n) is 16.0. The lowest BCUT2D eigenvalue weighted by atomic mass is 10.1. The quantitative estimate of drug-likeness (QED) is 0.527. The Morgan fingerprint density at radius 2 is 1.50 bits per heavy atom. The minimum atomic E-state index is -3.85. The number of hydrogen-bond donors (Lipinski definition) is 0. The first kappa shape index (κ1) is 19.6. The lowest BCUT2D eigenvalue weighted by molar-refractivity contribution is 0.596. The molecule has 0 radical (unpaired) electrons. The van der Waals surface area contributed by atoms with E-state index in [2.05, 4.69) is 6.58 Å². The van der Waals surface area contributed by atoms with Crippen LogP contribution in [-0.4, -0.2) is 8.42 Å². The molecule has 0 aliphatic carbocycles. The standard InChI is InChI=1S/C24H23NO2S/c1-4-20-11-9-10-14-24(20)25(23(5-2)21-12-7-6-8-13-21)28(26,27)22-17-15-19(3)16-18-22/h4-18H,1H2,2-3H3/b23-5+. The minimum Gasteiger partial charge on any atom is -0.234 e. The number of nitrogens with zero attached hydrogens (tertiary/aromatic N) is 1. The van der Waals surface area contributed by atoms with Gasteiger partial charge in [0, 0.05) is 0 Å². The smallest absolute Gasteiger partial charge is 0.234 e. The Morgan fingerprint density at radius 1 is 0.893 bits per heavy atom. The summed E-state index contributed by atoms with van der Waals surface area (Å²) in [5.74, 6) is 0. The summed E-state index contributed by atoms with van der Waals surface area (Å²) < 4.78 is 28.9. The summed E-state index contributed by atoms with van der Waals surface area (Å²) in [6.45, 7) is 7.63. The minimum absolute atomic E-state index is 0.243. The van der Waals surface area contributed by atoms with Crippen LogP contribution in [0.4, 0.5) is 5.69 Å². The molecule has 28 heavy (non-hydrogen) atoms. The van der Waals surface area contributed by atoms with Crippen molar-refractivity contribution in [1.82, 2.24) is 0 Å². The molecule has 0 aliphatic heterocycles. The van der Waals surface area contributed by atoms with E-state index >= 15 is 0 Å². The first-order valence-electron chi connectivity index (χ1n) is 9.04. The van der Waals surface area contributed by atoms with E-state index in [-0.39, 0.29) is 4.90 Å². The molecule has 0 heterocycles. The van der Waals surface area contributed by atoms with Gasteiger partial charge < -0.3 is 0 Å². The zero-order valence-corrected chi connectivity index (χ0v) is 16.9. The summed E-state index contributed by atoms with van der Waals surface area (Å²) in [7, 11) is -3.85. The second kappa shape index (κ2) is 8.28. The van der Waals surface area contributed by atoms with Gasteiger partial charge >= 0.3 is 0 Å². The Bertz CT molecular complexity index is 1100. The van der Waals surface area contributed by atoms with Gasteiger partial charge in [0.15, 0.2) is 0 Å². The van der Waals surface area contributed by atoms with Crippen molar-refractivity contribution in [3.63, 3.8) is 0 Å². The van der Waals surface area contributed by atoms with Gasteiger partial charge in [-0.1, -0.05) is 85.0 Å². The number of rotatable bonds is 6. The first-order chi connectivity index (χ1) is 13.5. The maximum atomic E-state index is 13.7. The summed E-state index contributed by atoms with van der Waals surface area (Å²) in [6.07, 6.45) is 3.49. The number of aryl methyl sites for hydroxylation is 1. The first-order valence-corrected chi connectivity index (χ1v) is 10.5. The highest BCUT2D eigenvalue weighted by Crippen LogP contribution is 2.35. The number of sulfonamides is 1. The van der Waals surface area contributed by atoms with Crippen LogP contribution in [0.2, 0.25) is 0 Å². The molecule has 3 nitrogen and oxygen atoms in total. The van der Waals surface area contributed by atoms with Crippen LogP contribution in [0.3, 0.4) is 0 Å². The van der Waals surface area contributed by atoms with Crippen LogP contribution in [0, 0.1) is 6.92 Å². The number of benzene rings is 3. The van der Waals surface area contributed by atoms with Crippen LogP contribution in [0.1, 0.15) is 23.6 Å². The van der Waals surface area contributed by atoms with Crippen LogP contribution in [0.15, 0.2) is 96.4 Å². The molecule has 0 amide bonds. The van der Waals surface area contributed by atoms with Crippen LogP contribution < -0.4 is 4.31 Å². The molecule has 0 unspecified atom stereocenters. The molecule has 3 aromatic rings. The Kier molecular flexibility index (Phi) is 5.81. The van der Waals surface area contributed by atoms with Crippen molar-refractivity contribution < 1.29 is 8.42 Å². The van der Waals surface area contributed by atoms with Gasteiger partial charge in [-0.2, -0.15) is 0 Å². The van der Waals surface area contributed by atoms with E-state index in [9.17, 15) is 8.42 Å². The molecule has 0 atom stereocenters. The summed E-state index contributed by atoms with van der Waals surface area (Å²) >= 11 is 0. The van der Waals surface area contributed by atoms with E-state index in [1.807, 2.05) is 80.6 Å². The molecule has 0 spiro atoms. The third-order valence-electron chi connectivity index (χ3n) is 4.50. The topological polar surface area (TPSA) is 37.4 Å². The predicted octanol–water partition coefficient (Wildman–Crippen LogP) is 5.89. The number of hydrogen-bond acceptors (Lipinski definition) is 2. The highest BCUT2D eigenvalue weighted by atomic mass is 32.2. The second-order valence-corrected chi connectivity index (χ2v) is 8.17. The zero-order chi connectivity index (χ0) is 20.1. The Labute approximate surface area is 167 Å². The number of allylic oxidation sites excluding steroid dienone is 1. The van der Waals surface area contributed by atoms with Crippen LogP contribution in [0.5, 0.6) is 0 Å². The Balaban J connectivity index is 2.28. The van der Waals surface area contributed by atoms with Crippen molar-refractivity contribution in [2.24, 2.45) is 0 Å². The lowest BCUT2D eigenvalue weighted by Crippen LogP contribution is -2.30. The van der Waals surface area contributed by atoms with Crippen molar-refractivity contribution in [2.75, 3.05) is 4.31 Å². The Morgan fingerprint density at radius 3 is 2.11 bits per heavy atom. The number of anilines is 1. The van der Waals surface area contributed by atoms with Gasteiger partial charge in [0.25, 0.3) is 10.0 Å². The predicted molar refractivity (Wildman–Crippen MR) is 117 cm³/mol. The monoisotopic (exact) mass is 389 g/mol. The van der Waals surface area contributed by atoms with Crippen molar-refractivity contribution in [3.05, 3.63) is 108 Å². The summed E-state index contributed by atoms with van der Waals surface area (Å²) in [4.78, 5) is 0.243. The van der Waals surface area contributed by atoms with Gasteiger partial charge in [-0.05, 0) is 43.2 Å². The van der Waals surface area contributed by atoms with Crippen molar-refractivity contribution in [3.8, 4) is 0 Å². The largest absolute Gasteiger partial charge is 0.268 e. The molecule has 142 valence electrons. The molecule has 0 aromatic heterocycles. The van der Waals surface area contributed by atoms with Gasteiger partial charge in [0.05, 0.1) is 16.3 Å². The summed E-state index contributed by atoms with van der Waals surface area (Å²) in [5.41, 5.74) is 3.73. The fourth-order valence-corrected chi connectivity index (χ4v) is 4.65. The highest BCUT2D eigenvalue weighted by Gasteiger charge is 2.29. The van der Waals surface area contributed by atoms with Crippen LogP contribution in [0.25, 0.3) is 11.8 Å². The van der Waals surface area contributed by atoms with E-state index in [1.54, 1.807) is 24.3 Å². The van der Waals surface area contributed by atoms with Crippen LogP contribution in [-0.2, 0) is 10.0 Å². The fourth-order valence-electron chi connectivity index (χ4n) is 3.06. The molecule has 0 N–H and O–H groups in total. The van der Waals surface area contributed by atoms with Crippen LogP contribution >= 0.6 is 0 Å². The van der Waals surface area contributed by atoms with Gasteiger partial charge in [0.2, 0.25) is 0 Å². The molecule has 0 fully saturated rings. The summed E-state index contributed by atoms with van der Waals surface area (Å²) in [6, 6.07) is 23.8. The summed E-state index contributed by atoms with van der Waals surface area (Å²) in [5, 5.41) is 0. The van der Waals surface area contributed by atoms with Gasteiger partial charge in [0.1, 0.15) is 0 Å². The molecule has 3 rings (SSSR count). The lowest BCUT2D eigenvalue weighted by Gasteiger charge is -2.28. The molecule has 0 bridgehead atoms. The molecule has 0 saturated carbocycles. The van der Waals surface area contributed by atoms with Crippen molar-refractivity contribution in [1.29, 1.82) is 0 Å². The normalized spacial score (nSPS) is 11.9. The third kappa shape index (κ3) is 3.78. The molecule has 4 heteroatoms. The average Bonchev–Trinajstić information content (AvgIpc) is 2.72. The van der Waals surface area contributed by atoms with E-state index < -0.39 is 10.0 Å². The number of para-hydroxylation sites is 1. The van der Waals surface area contributed by atoms with Gasteiger partial charge in [-0.15, -0.1) is 0 Å². The van der Waals surface area contributed by atoms with Gasteiger partial charge in [-0.3, -0.25) is 0 Å². The SMILES string of the molecule is C=Cc1ccccc1N(/C(=C/C)c1ccccc1)S(=O)(=O)c1ccc(C)cc1. The van der Waals surface area contributed by atoms with Crippen molar-refractivity contribution in [2.45, 2.75) is 18.7 Å². The van der Waals surface area contributed by atoms with E-state index in [4.69, 9.17) is 0 Å². The Hall–Kier alpha value is -3.11. The maximum Gasteiger partial charge on any atom is 0.268 e. The van der Waals surface area contributed by atoms with Crippen molar-refractivity contribution >= 4 is 27.5 Å². The van der Waals surface area contributed by atoms with E-state index in [0.29, 0.717) is 11.4 Å². The highest BCUT2D eigenvalue weighted by molar-refractivity contribution is 7.93. The maximum absolute atomic E-state index is 13.7. The molecular formula is C24H23NO2S. The fraction of sp³-hybridized carbons (Fsp3) is 0.0833. The molecule has 0 saturated heterocycles.